The predicted molar refractivity (Wildman–Crippen MR) is 146 cm³/mol. The van der Waals surface area contributed by atoms with Crippen molar-refractivity contribution in [2.45, 2.75) is 40.2 Å². The Balaban J connectivity index is 2.24. The fraction of sp³-hybridized carbons (Fsp3) is 0.333. The number of benzene rings is 2. The number of amides is 3. The van der Waals surface area contributed by atoms with Gasteiger partial charge in [-0.1, -0.05) is 49.7 Å². The van der Waals surface area contributed by atoms with Gasteiger partial charge in [-0.25, -0.2) is 0 Å². The molecule has 0 aliphatic rings. The number of anilines is 2. The Morgan fingerprint density at radius 1 is 1.08 bits per heavy atom. The molecule has 0 bridgehead atoms. The highest BCUT2D eigenvalue weighted by Crippen LogP contribution is 2.38. The Hall–Kier alpha value is -3.92. The molecule has 5 N–H and O–H groups in total. The number of nitrogens with two attached hydrogens (primary N) is 2. The van der Waals surface area contributed by atoms with Crippen molar-refractivity contribution in [2.24, 2.45) is 11.7 Å². The van der Waals surface area contributed by atoms with Gasteiger partial charge in [0.25, 0.3) is 11.8 Å². The Kier molecular flexibility index (Phi) is 8.88. The molecule has 0 unspecified atom stereocenters. The molecule has 0 saturated carbocycles. The minimum Gasteiger partial charge on any atom is -0.495 e. The third kappa shape index (κ3) is 6.26. The molecule has 0 aliphatic heterocycles. The molecule has 1 heterocycles. The molecule has 0 aliphatic carbocycles. The lowest BCUT2D eigenvalue weighted by Crippen LogP contribution is -2.44. The van der Waals surface area contributed by atoms with Gasteiger partial charge in [0.05, 0.1) is 18.5 Å². The van der Waals surface area contributed by atoms with E-state index in [1.54, 1.807) is 12.1 Å². The summed E-state index contributed by atoms with van der Waals surface area (Å²) in [6.07, 6.45) is 0.776. The summed E-state index contributed by atoms with van der Waals surface area (Å²) in [6.45, 7) is 8.40. The van der Waals surface area contributed by atoms with E-state index in [9.17, 15) is 14.4 Å². The van der Waals surface area contributed by atoms with Crippen LogP contribution in [-0.4, -0.2) is 35.7 Å². The van der Waals surface area contributed by atoms with Gasteiger partial charge in [0.1, 0.15) is 16.7 Å². The SMILES string of the molecule is COc1ccc(C)cc1N(C(=O)c1snc(C(N)=O)c1N)[C@@H](C(=O)NCCC(C)C)c1ccc(C)cc1. The molecule has 10 heteroatoms. The van der Waals surface area contributed by atoms with Crippen molar-refractivity contribution in [3.8, 4) is 5.75 Å². The molecule has 0 fully saturated rings. The lowest BCUT2D eigenvalue weighted by Gasteiger charge is -2.32. The molecule has 3 aromatic rings. The van der Waals surface area contributed by atoms with Crippen LogP contribution >= 0.6 is 11.5 Å². The monoisotopic (exact) mass is 523 g/mol. The summed E-state index contributed by atoms with van der Waals surface area (Å²) < 4.78 is 9.59. The standard InChI is InChI=1S/C27H33N5O4S/c1-15(2)12-13-30-26(34)23(18-9-6-16(3)7-10-18)32(19-14-17(4)8-11-20(19)36-5)27(35)24-21(28)22(25(29)33)31-37-24/h6-11,14-15,23H,12-13,28H2,1-5H3,(H2,29,33)(H,30,34)/t23-/m1/s1. The minimum absolute atomic E-state index is 0.00412. The number of methoxy groups -OCH3 is 1. The smallest absolute Gasteiger partial charge is 0.273 e. The number of nitrogens with zero attached hydrogens (tertiary/aromatic N) is 2. The number of carbonyl (C=O) groups excluding carboxylic acids is 3. The molecular formula is C27H33N5O4S. The maximum absolute atomic E-state index is 14.2. The van der Waals surface area contributed by atoms with Gasteiger partial charge in [-0.05, 0) is 61.0 Å². The van der Waals surface area contributed by atoms with Crippen LogP contribution in [0, 0.1) is 19.8 Å². The number of carbonyl (C=O) groups is 3. The van der Waals surface area contributed by atoms with Crippen LogP contribution in [-0.2, 0) is 4.79 Å². The van der Waals surface area contributed by atoms with Gasteiger partial charge in [0, 0.05) is 6.54 Å². The summed E-state index contributed by atoms with van der Waals surface area (Å²) >= 11 is 0.762. The van der Waals surface area contributed by atoms with Crippen molar-refractivity contribution in [2.75, 3.05) is 24.3 Å². The van der Waals surface area contributed by atoms with Gasteiger partial charge >= 0.3 is 0 Å². The minimum atomic E-state index is -1.06. The summed E-state index contributed by atoms with van der Waals surface area (Å²) in [5.74, 6) is -1.02. The first-order valence-corrected chi connectivity index (χ1v) is 12.7. The van der Waals surface area contributed by atoms with Crippen LogP contribution in [0.2, 0.25) is 0 Å². The summed E-state index contributed by atoms with van der Waals surface area (Å²) in [4.78, 5) is 41.1. The number of hydrogen-bond acceptors (Lipinski definition) is 7. The first kappa shape index (κ1) is 27.7. The molecule has 0 spiro atoms. The number of nitrogen functional groups attached to an aromatic ring is 1. The maximum atomic E-state index is 14.2. The Bertz CT molecular complexity index is 1290. The van der Waals surface area contributed by atoms with Crippen molar-refractivity contribution in [1.29, 1.82) is 0 Å². The number of nitrogens with one attached hydrogen (secondary N) is 1. The van der Waals surface area contributed by atoms with Gasteiger partial charge in [0.15, 0.2) is 5.69 Å². The van der Waals surface area contributed by atoms with Crippen LogP contribution in [0.4, 0.5) is 11.4 Å². The normalized spacial score (nSPS) is 11.7. The van der Waals surface area contributed by atoms with E-state index in [0.29, 0.717) is 29.5 Å². The van der Waals surface area contributed by atoms with E-state index < -0.39 is 17.9 Å². The van der Waals surface area contributed by atoms with Crippen molar-refractivity contribution in [1.82, 2.24) is 9.69 Å². The highest BCUT2D eigenvalue weighted by molar-refractivity contribution is 7.09. The van der Waals surface area contributed by atoms with Crippen LogP contribution in [0.3, 0.4) is 0 Å². The topological polar surface area (TPSA) is 141 Å². The quantitative estimate of drug-likeness (QED) is 0.367. The first-order chi connectivity index (χ1) is 17.5. The summed E-state index contributed by atoms with van der Waals surface area (Å²) in [7, 11) is 1.49. The zero-order chi connectivity index (χ0) is 27.3. The third-order valence-electron chi connectivity index (χ3n) is 5.89. The first-order valence-electron chi connectivity index (χ1n) is 11.9. The number of aryl methyl sites for hydroxylation is 2. The molecule has 1 atom stereocenters. The number of hydrogen-bond donors (Lipinski definition) is 3. The highest BCUT2D eigenvalue weighted by Gasteiger charge is 2.37. The van der Waals surface area contributed by atoms with Gasteiger partial charge in [0.2, 0.25) is 5.91 Å². The fourth-order valence-corrected chi connectivity index (χ4v) is 4.58. The molecule has 1 aromatic heterocycles. The van der Waals surface area contributed by atoms with Crippen molar-refractivity contribution in [3.63, 3.8) is 0 Å². The summed E-state index contributed by atoms with van der Waals surface area (Å²) in [6, 6.07) is 11.7. The van der Waals surface area contributed by atoms with E-state index in [1.807, 2.05) is 44.2 Å². The van der Waals surface area contributed by atoms with E-state index in [-0.39, 0.29) is 22.2 Å². The Labute approximate surface area is 221 Å². The molecule has 37 heavy (non-hydrogen) atoms. The molecule has 0 saturated heterocycles. The average Bonchev–Trinajstić information content (AvgIpc) is 3.24. The highest BCUT2D eigenvalue weighted by atomic mass is 32.1. The molecule has 9 nitrogen and oxygen atoms in total. The molecule has 3 amide bonds. The van der Waals surface area contributed by atoms with E-state index in [4.69, 9.17) is 16.2 Å². The van der Waals surface area contributed by atoms with Crippen LogP contribution in [0.15, 0.2) is 42.5 Å². The molecule has 0 radical (unpaired) electrons. The Morgan fingerprint density at radius 2 is 1.73 bits per heavy atom. The van der Waals surface area contributed by atoms with Crippen LogP contribution in [0.5, 0.6) is 5.75 Å². The second-order valence-corrected chi connectivity index (χ2v) is 10.0. The molecule has 2 aromatic carbocycles. The zero-order valence-electron chi connectivity index (χ0n) is 21.7. The lowest BCUT2D eigenvalue weighted by atomic mass is 10.0. The van der Waals surface area contributed by atoms with E-state index in [0.717, 1.165) is 29.1 Å². The number of primary amides is 1. The summed E-state index contributed by atoms with van der Waals surface area (Å²) in [5, 5.41) is 2.98. The third-order valence-corrected chi connectivity index (χ3v) is 6.74. The zero-order valence-corrected chi connectivity index (χ0v) is 22.5. The molecule has 3 rings (SSSR count). The fourth-order valence-electron chi connectivity index (χ4n) is 3.84. The average molecular weight is 524 g/mol. The van der Waals surface area contributed by atoms with Gasteiger partial charge in [-0.2, -0.15) is 4.37 Å². The van der Waals surface area contributed by atoms with E-state index in [2.05, 4.69) is 23.5 Å². The van der Waals surface area contributed by atoms with Crippen molar-refractivity contribution < 1.29 is 19.1 Å². The van der Waals surface area contributed by atoms with Crippen LogP contribution in [0.1, 0.15) is 63.2 Å². The van der Waals surface area contributed by atoms with Crippen molar-refractivity contribution >= 4 is 40.6 Å². The van der Waals surface area contributed by atoms with E-state index in [1.165, 1.54) is 12.0 Å². The largest absolute Gasteiger partial charge is 0.495 e. The predicted octanol–water partition coefficient (Wildman–Crippen LogP) is 4.00. The summed E-state index contributed by atoms with van der Waals surface area (Å²) in [5.41, 5.74) is 14.1. The van der Waals surface area contributed by atoms with Crippen LogP contribution < -0.4 is 26.4 Å². The van der Waals surface area contributed by atoms with E-state index >= 15 is 0 Å². The number of aromatic nitrogens is 1. The second-order valence-electron chi connectivity index (χ2n) is 9.28. The molecule has 196 valence electrons. The van der Waals surface area contributed by atoms with Gasteiger partial charge in [-0.3, -0.25) is 19.3 Å². The van der Waals surface area contributed by atoms with Crippen molar-refractivity contribution in [3.05, 3.63) is 69.7 Å². The lowest BCUT2D eigenvalue weighted by molar-refractivity contribution is -0.122. The number of ether oxygens (including phenoxy) is 1. The Morgan fingerprint density at radius 3 is 2.30 bits per heavy atom. The van der Waals surface area contributed by atoms with Gasteiger partial charge in [-0.15, -0.1) is 0 Å². The second kappa shape index (κ2) is 11.9. The number of rotatable bonds is 10. The maximum Gasteiger partial charge on any atom is 0.273 e. The van der Waals surface area contributed by atoms with Crippen LogP contribution in [0.25, 0.3) is 0 Å². The van der Waals surface area contributed by atoms with Gasteiger partial charge < -0.3 is 21.5 Å². The molecular weight excluding hydrogens is 490 g/mol.